The standard InChI is InChI=1S/C18H16ClN3OS2/c1-2-11-7-9-12(10-8-11)20-18(24)22-21-17(23)16-15(19)13-5-3-4-6-14(13)25-16/h3-10H,2H2,1H3,(H,21,23)(H2,20,22,24). The first-order valence-electron chi connectivity index (χ1n) is 7.71. The first kappa shape index (κ1) is 17.7. The summed E-state index contributed by atoms with van der Waals surface area (Å²) in [5.41, 5.74) is 7.37. The molecule has 3 rings (SSSR count). The molecular formula is C18H16ClN3OS2. The van der Waals surface area contributed by atoms with Crippen molar-refractivity contribution in [3.8, 4) is 0 Å². The van der Waals surface area contributed by atoms with Gasteiger partial charge in [-0.3, -0.25) is 15.6 Å². The number of anilines is 1. The van der Waals surface area contributed by atoms with E-state index in [2.05, 4.69) is 23.1 Å². The number of aryl methyl sites for hydroxylation is 1. The lowest BCUT2D eigenvalue weighted by Gasteiger charge is -2.11. The fourth-order valence-corrected chi connectivity index (χ4v) is 3.90. The van der Waals surface area contributed by atoms with Crippen LogP contribution in [0.4, 0.5) is 5.69 Å². The summed E-state index contributed by atoms with van der Waals surface area (Å²) in [4.78, 5) is 12.8. The molecule has 0 fully saturated rings. The Hall–Kier alpha value is -2.15. The summed E-state index contributed by atoms with van der Waals surface area (Å²) in [6.07, 6.45) is 0.981. The molecule has 4 nitrogen and oxygen atoms in total. The summed E-state index contributed by atoms with van der Waals surface area (Å²) in [6.45, 7) is 2.10. The van der Waals surface area contributed by atoms with Gasteiger partial charge in [-0.2, -0.15) is 0 Å². The van der Waals surface area contributed by atoms with Crippen LogP contribution in [0.1, 0.15) is 22.2 Å². The van der Waals surface area contributed by atoms with Crippen LogP contribution < -0.4 is 16.2 Å². The van der Waals surface area contributed by atoms with Crippen molar-refractivity contribution >= 4 is 61.9 Å². The van der Waals surface area contributed by atoms with Crippen molar-refractivity contribution in [2.45, 2.75) is 13.3 Å². The van der Waals surface area contributed by atoms with Crippen LogP contribution in [0.5, 0.6) is 0 Å². The maximum absolute atomic E-state index is 12.3. The maximum Gasteiger partial charge on any atom is 0.281 e. The van der Waals surface area contributed by atoms with Gasteiger partial charge in [-0.25, -0.2) is 0 Å². The van der Waals surface area contributed by atoms with Gasteiger partial charge in [-0.1, -0.05) is 48.9 Å². The number of fused-ring (bicyclic) bond motifs is 1. The fourth-order valence-electron chi connectivity index (χ4n) is 2.32. The van der Waals surface area contributed by atoms with Crippen LogP contribution in [0.2, 0.25) is 5.02 Å². The van der Waals surface area contributed by atoms with Crippen LogP contribution in [-0.4, -0.2) is 11.0 Å². The van der Waals surface area contributed by atoms with E-state index < -0.39 is 0 Å². The highest BCUT2D eigenvalue weighted by molar-refractivity contribution is 7.80. The molecule has 0 saturated heterocycles. The molecule has 0 bridgehead atoms. The molecule has 0 atom stereocenters. The summed E-state index contributed by atoms with van der Waals surface area (Å²) in [5.74, 6) is -0.323. The molecule has 1 aromatic heterocycles. The summed E-state index contributed by atoms with van der Waals surface area (Å²) in [5, 5.41) is 4.64. The van der Waals surface area contributed by atoms with E-state index in [0.29, 0.717) is 15.0 Å². The predicted octanol–water partition coefficient (Wildman–Crippen LogP) is 4.75. The second kappa shape index (κ2) is 7.82. The predicted molar refractivity (Wildman–Crippen MR) is 109 cm³/mol. The molecule has 0 aliphatic heterocycles. The normalized spacial score (nSPS) is 10.5. The van der Waals surface area contributed by atoms with Gasteiger partial charge in [0.25, 0.3) is 5.91 Å². The number of rotatable bonds is 3. The zero-order valence-electron chi connectivity index (χ0n) is 13.4. The minimum atomic E-state index is -0.323. The van der Waals surface area contributed by atoms with Gasteiger partial charge in [0.2, 0.25) is 0 Å². The average Bonchev–Trinajstić information content (AvgIpc) is 2.97. The Kier molecular flexibility index (Phi) is 5.53. The quantitative estimate of drug-likeness (QED) is 0.447. The van der Waals surface area contributed by atoms with Gasteiger partial charge < -0.3 is 5.32 Å². The summed E-state index contributed by atoms with van der Waals surface area (Å²) in [7, 11) is 0. The van der Waals surface area contributed by atoms with Crippen LogP contribution in [0.25, 0.3) is 10.1 Å². The number of thiocarbonyl (C=S) groups is 1. The molecule has 128 valence electrons. The lowest BCUT2D eigenvalue weighted by molar-refractivity contribution is 0.0948. The summed E-state index contributed by atoms with van der Waals surface area (Å²) in [6, 6.07) is 15.6. The Morgan fingerprint density at radius 2 is 1.84 bits per heavy atom. The Bertz CT molecular complexity index is 922. The van der Waals surface area contributed by atoms with Crippen LogP contribution in [0.15, 0.2) is 48.5 Å². The minimum Gasteiger partial charge on any atom is -0.331 e. The number of carbonyl (C=O) groups excluding carboxylic acids is 1. The zero-order valence-corrected chi connectivity index (χ0v) is 15.8. The van der Waals surface area contributed by atoms with Gasteiger partial charge in [-0.15, -0.1) is 11.3 Å². The average molecular weight is 390 g/mol. The smallest absolute Gasteiger partial charge is 0.281 e. The third kappa shape index (κ3) is 4.10. The van der Waals surface area contributed by atoms with Crippen molar-refractivity contribution in [3.63, 3.8) is 0 Å². The highest BCUT2D eigenvalue weighted by Gasteiger charge is 2.16. The van der Waals surface area contributed by atoms with Crippen LogP contribution >= 0.6 is 35.2 Å². The van der Waals surface area contributed by atoms with E-state index in [1.807, 2.05) is 48.5 Å². The van der Waals surface area contributed by atoms with Crippen molar-refractivity contribution in [1.29, 1.82) is 0 Å². The molecular weight excluding hydrogens is 374 g/mol. The molecule has 1 heterocycles. The second-order valence-electron chi connectivity index (χ2n) is 5.33. The number of benzene rings is 2. The second-order valence-corrected chi connectivity index (χ2v) is 7.16. The van der Waals surface area contributed by atoms with Gasteiger partial charge in [-0.05, 0) is 42.4 Å². The molecule has 7 heteroatoms. The van der Waals surface area contributed by atoms with Crippen LogP contribution in [-0.2, 0) is 6.42 Å². The summed E-state index contributed by atoms with van der Waals surface area (Å²) < 4.78 is 0.967. The fraction of sp³-hybridized carbons (Fsp3) is 0.111. The lowest BCUT2D eigenvalue weighted by Crippen LogP contribution is -2.43. The number of hydrogen-bond acceptors (Lipinski definition) is 3. The topological polar surface area (TPSA) is 53.2 Å². The van der Waals surface area contributed by atoms with E-state index in [9.17, 15) is 4.79 Å². The Balaban J connectivity index is 1.60. The monoisotopic (exact) mass is 389 g/mol. The Labute approximate surface area is 160 Å². The van der Waals surface area contributed by atoms with Crippen molar-refractivity contribution in [3.05, 3.63) is 64.0 Å². The number of halogens is 1. The largest absolute Gasteiger partial charge is 0.331 e. The Morgan fingerprint density at radius 1 is 1.12 bits per heavy atom. The molecule has 3 N–H and O–H groups in total. The van der Waals surface area contributed by atoms with E-state index in [4.69, 9.17) is 23.8 Å². The van der Waals surface area contributed by atoms with Crippen LogP contribution in [0, 0.1) is 0 Å². The molecule has 1 amide bonds. The molecule has 0 aliphatic rings. The zero-order chi connectivity index (χ0) is 17.8. The minimum absolute atomic E-state index is 0.301. The van der Waals surface area contributed by atoms with Crippen molar-refractivity contribution in [2.75, 3.05) is 5.32 Å². The van der Waals surface area contributed by atoms with E-state index in [0.717, 1.165) is 22.2 Å². The van der Waals surface area contributed by atoms with Gasteiger partial charge in [0.1, 0.15) is 4.88 Å². The molecule has 0 spiro atoms. The maximum atomic E-state index is 12.3. The number of hydrogen-bond donors (Lipinski definition) is 3. The van der Waals surface area contributed by atoms with Crippen LogP contribution in [0.3, 0.4) is 0 Å². The molecule has 0 aliphatic carbocycles. The third-order valence-corrected chi connectivity index (χ3v) is 5.53. The highest BCUT2D eigenvalue weighted by atomic mass is 35.5. The van der Waals surface area contributed by atoms with Gasteiger partial charge in [0.15, 0.2) is 5.11 Å². The third-order valence-electron chi connectivity index (χ3n) is 3.65. The first-order valence-corrected chi connectivity index (χ1v) is 9.32. The van der Waals surface area contributed by atoms with E-state index in [1.54, 1.807) is 0 Å². The van der Waals surface area contributed by atoms with E-state index in [1.165, 1.54) is 16.9 Å². The Morgan fingerprint density at radius 3 is 2.52 bits per heavy atom. The first-order chi connectivity index (χ1) is 12.1. The highest BCUT2D eigenvalue weighted by Crippen LogP contribution is 2.34. The SMILES string of the molecule is CCc1ccc(NC(=S)NNC(=O)c2sc3ccccc3c2Cl)cc1. The van der Waals surface area contributed by atoms with Crippen molar-refractivity contribution in [1.82, 2.24) is 10.9 Å². The molecule has 3 aromatic rings. The van der Waals surface area contributed by atoms with E-state index in [-0.39, 0.29) is 5.91 Å². The molecule has 25 heavy (non-hydrogen) atoms. The molecule has 2 aromatic carbocycles. The number of nitrogens with one attached hydrogen (secondary N) is 3. The van der Waals surface area contributed by atoms with Gasteiger partial charge in [0, 0.05) is 15.8 Å². The van der Waals surface area contributed by atoms with Gasteiger partial charge >= 0.3 is 0 Å². The number of hydrazine groups is 1. The number of amides is 1. The molecule has 0 radical (unpaired) electrons. The summed E-state index contributed by atoms with van der Waals surface area (Å²) >= 11 is 12.8. The lowest BCUT2D eigenvalue weighted by atomic mass is 10.1. The number of thiophene rings is 1. The molecule has 0 saturated carbocycles. The van der Waals surface area contributed by atoms with Crippen molar-refractivity contribution in [2.24, 2.45) is 0 Å². The number of carbonyl (C=O) groups is 1. The van der Waals surface area contributed by atoms with Crippen molar-refractivity contribution < 1.29 is 4.79 Å². The molecule has 0 unspecified atom stereocenters. The van der Waals surface area contributed by atoms with Gasteiger partial charge in [0.05, 0.1) is 5.02 Å². The van der Waals surface area contributed by atoms with E-state index >= 15 is 0 Å².